The van der Waals surface area contributed by atoms with Crippen LogP contribution in [0.2, 0.25) is 0 Å². The third kappa shape index (κ3) is 6.35. The molecule has 0 saturated carbocycles. The van der Waals surface area contributed by atoms with Crippen molar-refractivity contribution in [3.05, 3.63) is 69.1 Å². The maximum absolute atomic E-state index is 13.2. The molecule has 166 valence electrons. The van der Waals surface area contributed by atoms with Gasteiger partial charge < -0.3 is 0 Å². The van der Waals surface area contributed by atoms with E-state index in [0.29, 0.717) is 5.92 Å². The molecule has 1 atom stereocenters. The van der Waals surface area contributed by atoms with E-state index in [1.165, 1.54) is 79.4 Å². The number of unbranched alkanes of at least 4 members (excludes halogenated alkanes) is 5. The molecule has 31 heavy (non-hydrogen) atoms. The zero-order valence-electron chi connectivity index (χ0n) is 19.8. The highest BCUT2D eigenvalue weighted by Gasteiger charge is 2.30. The van der Waals surface area contributed by atoms with Crippen LogP contribution < -0.4 is 0 Å². The van der Waals surface area contributed by atoms with Gasteiger partial charge in [0.2, 0.25) is 5.78 Å². The number of carbonyl (C=O) groups excluding carboxylic acids is 1. The summed E-state index contributed by atoms with van der Waals surface area (Å²) in [5.74, 6) is 0.753. The van der Waals surface area contributed by atoms with Crippen molar-refractivity contribution in [1.82, 2.24) is 0 Å². The van der Waals surface area contributed by atoms with Crippen LogP contribution in [0.15, 0.2) is 46.2 Å². The van der Waals surface area contributed by atoms with Crippen LogP contribution >= 0.6 is 11.8 Å². The second-order valence-electron chi connectivity index (χ2n) is 9.13. The molecule has 2 heteroatoms. The number of allylic oxidation sites excluding steroid dienone is 1. The number of hydrogen-bond donors (Lipinski definition) is 0. The van der Waals surface area contributed by atoms with Crippen molar-refractivity contribution in [2.24, 2.45) is 0 Å². The summed E-state index contributed by atoms with van der Waals surface area (Å²) in [5, 5.41) is 0. The second kappa shape index (κ2) is 11.7. The SMILES string of the molecule is CCCCCCCCC(CCC)c1cccc2c1SC(=Cc1cc(C)cc(C)c1)C2=O. The smallest absolute Gasteiger partial charge is 0.200 e. The molecule has 1 heterocycles. The summed E-state index contributed by atoms with van der Waals surface area (Å²) in [6.07, 6.45) is 13.7. The van der Waals surface area contributed by atoms with Gasteiger partial charge in [0.05, 0.1) is 4.91 Å². The molecule has 1 nitrogen and oxygen atoms in total. The van der Waals surface area contributed by atoms with Crippen molar-refractivity contribution in [2.45, 2.75) is 96.3 Å². The van der Waals surface area contributed by atoms with Gasteiger partial charge in [-0.2, -0.15) is 0 Å². The minimum absolute atomic E-state index is 0.191. The summed E-state index contributed by atoms with van der Waals surface area (Å²) in [7, 11) is 0. The van der Waals surface area contributed by atoms with E-state index in [4.69, 9.17) is 0 Å². The first-order valence-electron chi connectivity index (χ1n) is 12.2. The summed E-state index contributed by atoms with van der Waals surface area (Å²) in [4.78, 5) is 15.3. The summed E-state index contributed by atoms with van der Waals surface area (Å²) in [5.41, 5.74) is 5.90. The molecule has 0 aliphatic carbocycles. The van der Waals surface area contributed by atoms with Crippen LogP contribution in [0.4, 0.5) is 0 Å². The molecular formula is C29H38OS. The van der Waals surface area contributed by atoms with Crippen LogP contribution in [0.3, 0.4) is 0 Å². The first kappa shape index (κ1) is 23.9. The fraction of sp³-hybridized carbons (Fsp3) is 0.483. The van der Waals surface area contributed by atoms with Crippen LogP contribution in [-0.2, 0) is 0 Å². The van der Waals surface area contributed by atoms with Gasteiger partial charge in [-0.05, 0) is 55.9 Å². The Bertz CT molecular complexity index is 904. The molecule has 0 aromatic heterocycles. The predicted molar refractivity (Wildman–Crippen MR) is 136 cm³/mol. The highest BCUT2D eigenvalue weighted by Crippen LogP contribution is 2.46. The lowest BCUT2D eigenvalue weighted by molar-refractivity contribution is 0.104. The standard InChI is InChI=1S/C29H38OS/c1-5-7-8-9-10-11-14-24(13-6-2)25-15-12-16-26-28(30)27(31-29(25)26)20-23-18-21(3)17-22(4)19-23/h12,15-20,24H,5-11,13-14H2,1-4H3. The monoisotopic (exact) mass is 434 g/mol. The third-order valence-electron chi connectivity index (χ3n) is 6.25. The Morgan fingerprint density at radius 3 is 2.29 bits per heavy atom. The number of hydrogen-bond acceptors (Lipinski definition) is 2. The number of rotatable bonds is 11. The van der Waals surface area contributed by atoms with Gasteiger partial charge in [-0.15, -0.1) is 0 Å². The van der Waals surface area contributed by atoms with Crippen LogP contribution in [-0.4, -0.2) is 5.78 Å². The molecule has 2 aromatic rings. The lowest BCUT2D eigenvalue weighted by atomic mass is 9.88. The summed E-state index contributed by atoms with van der Waals surface area (Å²) < 4.78 is 0. The Kier molecular flexibility index (Phi) is 9.02. The number of thioether (sulfide) groups is 1. The first-order valence-corrected chi connectivity index (χ1v) is 13.0. The number of benzene rings is 2. The van der Waals surface area contributed by atoms with E-state index < -0.39 is 0 Å². The maximum Gasteiger partial charge on any atom is 0.200 e. The average molecular weight is 435 g/mol. The Balaban J connectivity index is 1.78. The van der Waals surface area contributed by atoms with Gasteiger partial charge in [0.1, 0.15) is 0 Å². The van der Waals surface area contributed by atoms with E-state index in [1.807, 2.05) is 6.07 Å². The zero-order chi connectivity index (χ0) is 22.2. The van der Waals surface area contributed by atoms with E-state index >= 15 is 0 Å². The highest BCUT2D eigenvalue weighted by molar-refractivity contribution is 8.05. The quantitative estimate of drug-likeness (QED) is 0.259. The number of ketones is 1. The average Bonchev–Trinajstić information content (AvgIpc) is 3.04. The largest absolute Gasteiger partial charge is 0.288 e. The second-order valence-corrected chi connectivity index (χ2v) is 10.2. The van der Waals surface area contributed by atoms with Gasteiger partial charge >= 0.3 is 0 Å². The van der Waals surface area contributed by atoms with Crippen LogP contribution in [0.25, 0.3) is 6.08 Å². The van der Waals surface area contributed by atoms with Crippen molar-refractivity contribution < 1.29 is 4.79 Å². The van der Waals surface area contributed by atoms with E-state index in [-0.39, 0.29) is 5.78 Å². The van der Waals surface area contributed by atoms with Gasteiger partial charge in [0, 0.05) is 10.5 Å². The summed E-state index contributed by atoms with van der Waals surface area (Å²) >= 11 is 1.69. The van der Waals surface area contributed by atoms with Crippen molar-refractivity contribution in [3.8, 4) is 0 Å². The number of aryl methyl sites for hydroxylation is 2. The predicted octanol–water partition coefficient (Wildman–Crippen LogP) is 9.27. The van der Waals surface area contributed by atoms with Crippen molar-refractivity contribution in [2.75, 3.05) is 0 Å². The molecule has 0 saturated heterocycles. The lowest BCUT2D eigenvalue weighted by Gasteiger charge is -2.19. The molecule has 1 aliphatic heterocycles. The zero-order valence-corrected chi connectivity index (χ0v) is 20.6. The molecule has 0 N–H and O–H groups in total. The fourth-order valence-electron chi connectivity index (χ4n) is 4.77. The molecule has 1 aliphatic rings. The molecule has 0 bridgehead atoms. The van der Waals surface area contributed by atoms with Crippen LogP contribution in [0, 0.1) is 13.8 Å². The van der Waals surface area contributed by atoms with Crippen LogP contribution in [0.1, 0.15) is 110 Å². The van der Waals surface area contributed by atoms with E-state index in [1.54, 1.807) is 11.8 Å². The van der Waals surface area contributed by atoms with E-state index in [2.05, 4.69) is 64.1 Å². The van der Waals surface area contributed by atoms with Gasteiger partial charge in [0.15, 0.2) is 0 Å². The van der Waals surface area contributed by atoms with Gasteiger partial charge in [-0.1, -0.05) is 112 Å². The number of carbonyl (C=O) groups is 1. The Labute approximate surface area is 193 Å². The van der Waals surface area contributed by atoms with E-state index in [9.17, 15) is 4.79 Å². The topological polar surface area (TPSA) is 17.1 Å². The van der Waals surface area contributed by atoms with E-state index in [0.717, 1.165) is 16.0 Å². The van der Waals surface area contributed by atoms with Crippen LogP contribution in [0.5, 0.6) is 0 Å². The Hall–Kier alpha value is -1.80. The van der Waals surface area contributed by atoms with Crippen molar-refractivity contribution >= 4 is 23.6 Å². The molecule has 0 fully saturated rings. The van der Waals surface area contributed by atoms with Gasteiger partial charge in [0.25, 0.3) is 0 Å². The van der Waals surface area contributed by atoms with Crippen molar-refractivity contribution in [3.63, 3.8) is 0 Å². The fourth-order valence-corrected chi connectivity index (χ4v) is 6.01. The molecule has 0 amide bonds. The molecule has 2 aromatic carbocycles. The molecular weight excluding hydrogens is 396 g/mol. The highest BCUT2D eigenvalue weighted by atomic mass is 32.2. The lowest BCUT2D eigenvalue weighted by Crippen LogP contribution is -2.02. The number of Topliss-reactive ketones (excluding diaryl/α,β-unsaturated/α-hetero) is 1. The summed E-state index contributed by atoms with van der Waals surface area (Å²) in [6, 6.07) is 12.9. The van der Waals surface area contributed by atoms with Gasteiger partial charge in [-0.25, -0.2) is 0 Å². The number of fused-ring (bicyclic) bond motifs is 1. The van der Waals surface area contributed by atoms with Crippen molar-refractivity contribution in [1.29, 1.82) is 0 Å². The molecule has 3 rings (SSSR count). The Morgan fingerprint density at radius 2 is 1.58 bits per heavy atom. The van der Waals surface area contributed by atoms with Gasteiger partial charge in [-0.3, -0.25) is 4.79 Å². The Morgan fingerprint density at radius 1 is 0.871 bits per heavy atom. The normalized spacial score (nSPS) is 15.5. The minimum Gasteiger partial charge on any atom is -0.288 e. The molecule has 1 unspecified atom stereocenters. The summed E-state index contributed by atoms with van der Waals surface area (Å²) in [6.45, 7) is 8.78. The maximum atomic E-state index is 13.2. The first-order chi connectivity index (χ1) is 15.0. The molecule has 0 spiro atoms. The third-order valence-corrected chi connectivity index (χ3v) is 7.43. The molecule has 0 radical (unpaired) electrons. The minimum atomic E-state index is 0.191.